The van der Waals surface area contributed by atoms with Crippen LogP contribution in [0.1, 0.15) is 24.0 Å². The van der Waals surface area contributed by atoms with Gasteiger partial charge in [-0.2, -0.15) is 0 Å². The van der Waals surface area contributed by atoms with Gasteiger partial charge in [-0.1, -0.05) is 24.3 Å². The summed E-state index contributed by atoms with van der Waals surface area (Å²) in [5.74, 6) is -2.14. The van der Waals surface area contributed by atoms with E-state index in [0.717, 1.165) is 11.1 Å². The van der Waals surface area contributed by atoms with Gasteiger partial charge in [0.15, 0.2) is 0 Å². The minimum atomic E-state index is -1.07. The van der Waals surface area contributed by atoms with Crippen molar-refractivity contribution in [1.29, 1.82) is 0 Å². The second kappa shape index (κ2) is 11.0. The van der Waals surface area contributed by atoms with Crippen LogP contribution >= 0.6 is 0 Å². The van der Waals surface area contributed by atoms with Crippen LogP contribution in [0.4, 0.5) is 0 Å². The van der Waals surface area contributed by atoms with Crippen molar-refractivity contribution in [1.82, 2.24) is 0 Å². The number of carbonyl (C=O) groups is 2. The minimum Gasteiger partial charge on any atom is -0.550 e. The van der Waals surface area contributed by atoms with E-state index < -0.39 is 11.9 Å². The van der Waals surface area contributed by atoms with E-state index in [0.29, 0.717) is 12.8 Å². The van der Waals surface area contributed by atoms with Crippen molar-refractivity contribution in [2.45, 2.75) is 25.7 Å². The molecule has 0 atom stereocenters. The second-order valence-electron chi connectivity index (χ2n) is 3.56. The quantitative estimate of drug-likeness (QED) is 0.479. The number of benzene rings is 1. The average Bonchev–Trinajstić information content (AvgIpc) is 2.25. The number of carboxylic acids is 2. The second-order valence-corrected chi connectivity index (χ2v) is 3.56. The van der Waals surface area contributed by atoms with E-state index in [2.05, 4.69) is 0 Å². The standard InChI is InChI=1S/C12H14O4.2Na/c13-11(14)7-5-9-1-2-10(4-3-9)6-8-12(15)16;;/h1-4H,5-8H2,(H,13,14)(H,15,16);;/q;2*+1/p-2. The summed E-state index contributed by atoms with van der Waals surface area (Å²) in [4.78, 5) is 20.5. The maximum Gasteiger partial charge on any atom is 1.00 e. The molecule has 1 aromatic rings. The van der Waals surface area contributed by atoms with Gasteiger partial charge in [0, 0.05) is 11.9 Å². The largest absolute Gasteiger partial charge is 1.00 e. The van der Waals surface area contributed by atoms with Crippen LogP contribution in [0.3, 0.4) is 0 Å². The van der Waals surface area contributed by atoms with Crippen molar-refractivity contribution in [2.75, 3.05) is 0 Å². The van der Waals surface area contributed by atoms with Crippen molar-refractivity contribution in [2.24, 2.45) is 0 Å². The van der Waals surface area contributed by atoms with Crippen LogP contribution in [0.5, 0.6) is 0 Å². The zero-order valence-electron chi connectivity index (χ0n) is 10.8. The van der Waals surface area contributed by atoms with Gasteiger partial charge in [0.05, 0.1) is 0 Å². The first-order chi connectivity index (χ1) is 7.58. The smallest absolute Gasteiger partial charge is 0.550 e. The zero-order chi connectivity index (χ0) is 12.0. The zero-order valence-corrected chi connectivity index (χ0v) is 14.8. The molecule has 0 fully saturated rings. The predicted molar refractivity (Wildman–Crippen MR) is 53.1 cm³/mol. The van der Waals surface area contributed by atoms with E-state index in [1.54, 1.807) is 24.3 Å². The topological polar surface area (TPSA) is 80.3 Å². The fourth-order valence-electron chi connectivity index (χ4n) is 1.37. The number of hydrogen-bond acceptors (Lipinski definition) is 4. The molecule has 4 nitrogen and oxygen atoms in total. The monoisotopic (exact) mass is 266 g/mol. The Balaban J connectivity index is 0. The van der Waals surface area contributed by atoms with E-state index in [1.807, 2.05) is 0 Å². The summed E-state index contributed by atoms with van der Waals surface area (Å²) in [5, 5.41) is 20.5. The van der Waals surface area contributed by atoms with Gasteiger partial charge in [-0.05, 0) is 36.8 Å². The minimum absolute atomic E-state index is 0. The maximum absolute atomic E-state index is 10.2. The van der Waals surface area contributed by atoms with Crippen molar-refractivity contribution in [3.05, 3.63) is 35.4 Å². The summed E-state index contributed by atoms with van der Waals surface area (Å²) >= 11 is 0. The molecule has 1 rings (SSSR count). The molecule has 0 saturated carbocycles. The van der Waals surface area contributed by atoms with Gasteiger partial charge in [-0.3, -0.25) is 0 Å². The van der Waals surface area contributed by atoms with Gasteiger partial charge in [0.25, 0.3) is 0 Å². The number of rotatable bonds is 6. The van der Waals surface area contributed by atoms with Crippen LogP contribution in [0.25, 0.3) is 0 Å². The van der Waals surface area contributed by atoms with E-state index in [9.17, 15) is 19.8 Å². The SMILES string of the molecule is O=C([O-])CCc1ccc(CCC(=O)[O-])cc1.[Na+].[Na+]. The van der Waals surface area contributed by atoms with E-state index >= 15 is 0 Å². The Labute approximate surface area is 150 Å². The molecule has 0 unspecified atom stereocenters. The van der Waals surface area contributed by atoms with Gasteiger partial charge in [-0.25, -0.2) is 0 Å². The first kappa shape index (κ1) is 20.5. The Bertz CT molecular complexity index is 339. The summed E-state index contributed by atoms with van der Waals surface area (Å²) in [6.07, 6.45) is 0.864. The molecule has 86 valence electrons. The van der Waals surface area contributed by atoms with Crippen LogP contribution in [0, 0.1) is 0 Å². The molecule has 0 aliphatic heterocycles. The van der Waals surface area contributed by atoms with Gasteiger partial charge >= 0.3 is 59.1 Å². The molecule has 0 N–H and O–H groups in total. The molecule has 0 aromatic heterocycles. The van der Waals surface area contributed by atoms with Crippen molar-refractivity contribution < 1.29 is 78.9 Å². The third kappa shape index (κ3) is 9.14. The molecule has 1 aromatic carbocycles. The molecule has 0 spiro atoms. The molecular formula is C12H12Na2O4. The Morgan fingerprint density at radius 2 is 1.06 bits per heavy atom. The molecule has 0 aliphatic carbocycles. The van der Waals surface area contributed by atoms with Gasteiger partial charge < -0.3 is 19.8 Å². The van der Waals surface area contributed by atoms with Crippen molar-refractivity contribution >= 4 is 11.9 Å². The average molecular weight is 266 g/mol. The van der Waals surface area contributed by atoms with Crippen molar-refractivity contribution in [3.63, 3.8) is 0 Å². The summed E-state index contributed by atoms with van der Waals surface area (Å²) in [5.41, 5.74) is 1.81. The summed E-state index contributed by atoms with van der Waals surface area (Å²) in [7, 11) is 0. The fraction of sp³-hybridized carbons (Fsp3) is 0.333. The molecule has 0 radical (unpaired) electrons. The van der Waals surface area contributed by atoms with Crippen LogP contribution in [-0.2, 0) is 22.4 Å². The summed E-state index contributed by atoms with van der Waals surface area (Å²) < 4.78 is 0. The van der Waals surface area contributed by atoms with Crippen LogP contribution in [0.15, 0.2) is 24.3 Å². The van der Waals surface area contributed by atoms with E-state index in [-0.39, 0.29) is 72.0 Å². The summed E-state index contributed by atoms with van der Waals surface area (Å²) in [6.45, 7) is 0. The predicted octanol–water partition coefficient (Wildman–Crippen LogP) is -6.94. The number of aliphatic carboxylic acids is 2. The van der Waals surface area contributed by atoms with Gasteiger partial charge in [0.1, 0.15) is 0 Å². The first-order valence-corrected chi connectivity index (χ1v) is 5.05. The number of carbonyl (C=O) groups excluding carboxylic acids is 2. The Hall–Kier alpha value is 0.160. The molecule has 0 amide bonds. The molecular weight excluding hydrogens is 254 g/mol. The maximum atomic E-state index is 10.2. The molecule has 0 saturated heterocycles. The molecule has 6 heteroatoms. The Morgan fingerprint density at radius 3 is 1.28 bits per heavy atom. The number of carboxylic acid groups (broad SMARTS) is 2. The molecule has 18 heavy (non-hydrogen) atoms. The van der Waals surface area contributed by atoms with E-state index in [4.69, 9.17) is 0 Å². The van der Waals surface area contributed by atoms with Crippen LogP contribution in [-0.4, -0.2) is 11.9 Å². The summed E-state index contributed by atoms with van der Waals surface area (Å²) in [6, 6.07) is 7.20. The normalized spacial score (nSPS) is 8.89. The third-order valence-corrected chi connectivity index (χ3v) is 2.26. The molecule has 0 aliphatic rings. The number of aryl methyl sites for hydroxylation is 2. The fourth-order valence-corrected chi connectivity index (χ4v) is 1.37. The van der Waals surface area contributed by atoms with Gasteiger partial charge in [0.2, 0.25) is 0 Å². The Morgan fingerprint density at radius 1 is 0.778 bits per heavy atom. The Kier molecular flexibility index (Phi) is 12.5. The number of hydrogen-bond donors (Lipinski definition) is 0. The molecule has 0 heterocycles. The van der Waals surface area contributed by atoms with E-state index in [1.165, 1.54) is 0 Å². The third-order valence-electron chi connectivity index (χ3n) is 2.26. The van der Waals surface area contributed by atoms with Crippen molar-refractivity contribution in [3.8, 4) is 0 Å². The molecule has 0 bridgehead atoms. The van der Waals surface area contributed by atoms with Crippen LogP contribution in [0.2, 0.25) is 0 Å². The van der Waals surface area contributed by atoms with Gasteiger partial charge in [-0.15, -0.1) is 0 Å². The first-order valence-electron chi connectivity index (χ1n) is 5.05. The van der Waals surface area contributed by atoms with Crippen LogP contribution < -0.4 is 69.3 Å².